The summed E-state index contributed by atoms with van der Waals surface area (Å²) >= 11 is 0. The summed E-state index contributed by atoms with van der Waals surface area (Å²) < 4.78 is 16.3. The quantitative estimate of drug-likeness (QED) is 0.395. The third kappa shape index (κ3) is 5.80. The van der Waals surface area contributed by atoms with Crippen molar-refractivity contribution in [3.63, 3.8) is 0 Å². The molecule has 4 heteroatoms. The van der Waals surface area contributed by atoms with Gasteiger partial charge in [0.25, 0.3) is 0 Å². The molecule has 2 rings (SSSR count). The van der Waals surface area contributed by atoms with E-state index in [1.807, 2.05) is 43.3 Å². The molecule has 0 saturated heterocycles. The fourth-order valence-corrected chi connectivity index (χ4v) is 2.57. The van der Waals surface area contributed by atoms with E-state index >= 15 is 0 Å². The van der Waals surface area contributed by atoms with Crippen molar-refractivity contribution in [1.29, 1.82) is 0 Å². The van der Waals surface area contributed by atoms with E-state index in [2.05, 4.69) is 26.8 Å². The van der Waals surface area contributed by atoms with Crippen molar-refractivity contribution in [3.8, 4) is 17.2 Å². The van der Waals surface area contributed by atoms with Gasteiger partial charge in [-0.25, -0.2) is 0 Å². The van der Waals surface area contributed by atoms with Crippen molar-refractivity contribution in [1.82, 2.24) is 0 Å². The number of ether oxygens (including phenoxy) is 3. The molecule has 4 nitrogen and oxygen atoms in total. The third-order valence-corrected chi connectivity index (χ3v) is 4.02. The van der Waals surface area contributed by atoms with E-state index in [0.717, 1.165) is 22.6 Å². The number of carbonyl (C=O) groups is 1. The minimum Gasteiger partial charge on any atom is -0.497 e. The second-order valence-corrected chi connectivity index (χ2v) is 7.35. The van der Waals surface area contributed by atoms with Crippen molar-refractivity contribution >= 4 is 5.97 Å². The normalized spacial score (nSPS) is 11.1. The SMILES string of the molecule is COc1ccc(OCCCC(=O)Oc2ccc(C)cc2C(C)(C)C)cc1. The molecular formula is C22H28O4. The molecule has 0 saturated carbocycles. The van der Waals surface area contributed by atoms with Crippen LogP contribution >= 0.6 is 0 Å². The number of aryl methyl sites for hydroxylation is 1. The molecule has 0 aliphatic rings. The maximum atomic E-state index is 12.2. The van der Waals surface area contributed by atoms with E-state index in [4.69, 9.17) is 14.2 Å². The second kappa shape index (κ2) is 8.75. The van der Waals surface area contributed by atoms with Crippen LogP contribution in [0.3, 0.4) is 0 Å². The lowest BCUT2D eigenvalue weighted by atomic mass is 9.85. The van der Waals surface area contributed by atoms with Crippen LogP contribution in [0.4, 0.5) is 0 Å². The van der Waals surface area contributed by atoms with Gasteiger partial charge in [0.05, 0.1) is 13.7 Å². The Morgan fingerprint density at radius 1 is 1.00 bits per heavy atom. The van der Waals surface area contributed by atoms with E-state index in [1.54, 1.807) is 7.11 Å². The number of rotatable bonds is 7. The Morgan fingerprint density at radius 3 is 2.27 bits per heavy atom. The number of benzene rings is 2. The van der Waals surface area contributed by atoms with Gasteiger partial charge in [0.15, 0.2) is 0 Å². The van der Waals surface area contributed by atoms with E-state index in [1.165, 1.54) is 0 Å². The smallest absolute Gasteiger partial charge is 0.311 e. The summed E-state index contributed by atoms with van der Waals surface area (Å²) in [6.07, 6.45) is 0.912. The Balaban J connectivity index is 1.83. The summed E-state index contributed by atoms with van der Waals surface area (Å²) in [4.78, 5) is 12.2. The van der Waals surface area contributed by atoms with Gasteiger partial charge in [0.1, 0.15) is 17.2 Å². The maximum Gasteiger partial charge on any atom is 0.311 e. The maximum absolute atomic E-state index is 12.2. The van der Waals surface area contributed by atoms with Crippen LogP contribution in [-0.4, -0.2) is 19.7 Å². The van der Waals surface area contributed by atoms with Gasteiger partial charge in [-0.15, -0.1) is 0 Å². The van der Waals surface area contributed by atoms with Crippen LogP contribution in [-0.2, 0) is 10.2 Å². The molecule has 0 radical (unpaired) electrons. The molecule has 0 spiro atoms. The van der Waals surface area contributed by atoms with Gasteiger partial charge in [-0.1, -0.05) is 38.5 Å². The third-order valence-electron chi connectivity index (χ3n) is 4.02. The molecule has 0 fully saturated rings. The summed E-state index contributed by atoms with van der Waals surface area (Å²) in [5.74, 6) is 1.95. The van der Waals surface area contributed by atoms with Crippen molar-refractivity contribution in [3.05, 3.63) is 53.6 Å². The number of carbonyl (C=O) groups excluding carboxylic acids is 1. The zero-order valence-corrected chi connectivity index (χ0v) is 16.3. The molecular weight excluding hydrogens is 328 g/mol. The first-order chi connectivity index (χ1) is 12.3. The number of hydrogen-bond donors (Lipinski definition) is 0. The first-order valence-corrected chi connectivity index (χ1v) is 8.88. The monoisotopic (exact) mass is 356 g/mol. The summed E-state index contributed by atoms with van der Waals surface area (Å²) in [5, 5.41) is 0. The Hall–Kier alpha value is -2.49. The molecule has 2 aromatic carbocycles. The lowest BCUT2D eigenvalue weighted by Gasteiger charge is -2.22. The van der Waals surface area contributed by atoms with Crippen LogP contribution in [0.1, 0.15) is 44.7 Å². The van der Waals surface area contributed by atoms with Gasteiger partial charge in [-0.3, -0.25) is 4.79 Å². The highest BCUT2D eigenvalue weighted by Crippen LogP contribution is 2.32. The number of hydrogen-bond acceptors (Lipinski definition) is 4. The largest absolute Gasteiger partial charge is 0.497 e. The summed E-state index contributed by atoms with van der Waals surface area (Å²) in [7, 11) is 1.63. The van der Waals surface area contributed by atoms with Gasteiger partial charge in [-0.05, 0) is 49.1 Å². The molecule has 140 valence electrons. The Kier molecular flexibility index (Phi) is 6.67. The second-order valence-electron chi connectivity index (χ2n) is 7.35. The zero-order chi connectivity index (χ0) is 19.2. The van der Waals surface area contributed by atoms with Crippen LogP contribution in [0.2, 0.25) is 0 Å². The Morgan fingerprint density at radius 2 is 1.65 bits per heavy atom. The number of esters is 1. The fourth-order valence-electron chi connectivity index (χ4n) is 2.57. The van der Waals surface area contributed by atoms with Crippen molar-refractivity contribution < 1.29 is 19.0 Å². The van der Waals surface area contributed by atoms with Crippen LogP contribution in [0.5, 0.6) is 17.2 Å². The van der Waals surface area contributed by atoms with Crippen molar-refractivity contribution in [2.75, 3.05) is 13.7 Å². The van der Waals surface area contributed by atoms with Crippen LogP contribution < -0.4 is 14.2 Å². The number of methoxy groups -OCH3 is 1. The first kappa shape index (κ1) is 19.8. The van der Waals surface area contributed by atoms with Gasteiger partial charge in [-0.2, -0.15) is 0 Å². The van der Waals surface area contributed by atoms with Crippen LogP contribution in [0.15, 0.2) is 42.5 Å². The molecule has 0 N–H and O–H groups in total. The van der Waals surface area contributed by atoms with E-state index in [-0.39, 0.29) is 11.4 Å². The van der Waals surface area contributed by atoms with Gasteiger partial charge < -0.3 is 14.2 Å². The fraction of sp³-hybridized carbons (Fsp3) is 0.409. The van der Waals surface area contributed by atoms with E-state index in [9.17, 15) is 4.79 Å². The molecule has 0 atom stereocenters. The molecule has 0 aromatic heterocycles. The highest BCUT2D eigenvalue weighted by molar-refractivity contribution is 5.73. The first-order valence-electron chi connectivity index (χ1n) is 8.88. The molecule has 0 unspecified atom stereocenters. The minimum atomic E-state index is -0.238. The molecule has 26 heavy (non-hydrogen) atoms. The van der Waals surface area contributed by atoms with Gasteiger partial charge in [0, 0.05) is 12.0 Å². The summed E-state index contributed by atoms with van der Waals surface area (Å²) in [6, 6.07) is 13.3. The van der Waals surface area contributed by atoms with Crippen molar-refractivity contribution in [2.45, 2.75) is 46.0 Å². The molecule has 0 aliphatic heterocycles. The van der Waals surface area contributed by atoms with Crippen LogP contribution in [0, 0.1) is 6.92 Å². The minimum absolute atomic E-state index is 0.0842. The predicted molar refractivity (Wildman–Crippen MR) is 103 cm³/mol. The topological polar surface area (TPSA) is 44.8 Å². The molecule has 0 heterocycles. The van der Waals surface area contributed by atoms with E-state index in [0.29, 0.717) is 25.2 Å². The lowest BCUT2D eigenvalue weighted by molar-refractivity contribution is -0.134. The molecule has 0 amide bonds. The van der Waals surface area contributed by atoms with Crippen LogP contribution in [0.25, 0.3) is 0 Å². The molecule has 2 aromatic rings. The molecule has 0 aliphatic carbocycles. The predicted octanol–water partition coefficient (Wildman–Crippen LogP) is 5.07. The zero-order valence-electron chi connectivity index (χ0n) is 16.3. The van der Waals surface area contributed by atoms with Crippen molar-refractivity contribution in [2.24, 2.45) is 0 Å². The summed E-state index contributed by atoms with van der Waals surface area (Å²) in [6.45, 7) is 8.84. The summed E-state index contributed by atoms with van der Waals surface area (Å²) in [5.41, 5.74) is 2.11. The standard InChI is InChI=1S/C22H28O4/c1-16-8-13-20(19(15-16)22(2,3)4)26-21(23)7-6-14-25-18-11-9-17(24-5)10-12-18/h8-13,15H,6-7,14H2,1-5H3. The highest BCUT2D eigenvalue weighted by atomic mass is 16.5. The molecule has 0 bridgehead atoms. The Bertz CT molecular complexity index is 727. The average molecular weight is 356 g/mol. The highest BCUT2D eigenvalue weighted by Gasteiger charge is 2.20. The average Bonchev–Trinajstić information content (AvgIpc) is 2.60. The Labute approximate surface area is 156 Å². The van der Waals surface area contributed by atoms with Gasteiger partial charge in [0.2, 0.25) is 0 Å². The lowest BCUT2D eigenvalue weighted by Crippen LogP contribution is -2.17. The van der Waals surface area contributed by atoms with E-state index < -0.39 is 0 Å². The van der Waals surface area contributed by atoms with Gasteiger partial charge >= 0.3 is 5.97 Å².